The van der Waals surface area contributed by atoms with Crippen molar-refractivity contribution in [1.29, 1.82) is 0 Å². The van der Waals surface area contributed by atoms with Gasteiger partial charge >= 0.3 is 6.18 Å². The summed E-state index contributed by atoms with van der Waals surface area (Å²) in [6, 6.07) is 4.54. The van der Waals surface area contributed by atoms with Gasteiger partial charge in [0.25, 0.3) is 0 Å². The summed E-state index contributed by atoms with van der Waals surface area (Å²) in [5, 5.41) is 0. The molecule has 0 N–H and O–H groups in total. The second-order valence-corrected chi connectivity index (χ2v) is 8.84. The van der Waals surface area contributed by atoms with E-state index in [1.54, 1.807) is 37.3 Å². The van der Waals surface area contributed by atoms with Crippen LogP contribution in [0.1, 0.15) is 58.6 Å². The number of hydrogen-bond donors (Lipinski definition) is 0. The molecule has 2 unspecified atom stereocenters. The summed E-state index contributed by atoms with van der Waals surface area (Å²) in [6.45, 7) is 10.0. The molecule has 0 saturated heterocycles. The lowest BCUT2D eigenvalue weighted by Crippen LogP contribution is -2.42. The van der Waals surface area contributed by atoms with E-state index in [1.807, 2.05) is 0 Å². The minimum Gasteiger partial charge on any atom is -0.243 e. The van der Waals surface area contributed by atoms with E-state index in [2.05, 4.69) is 6.58 Å². The lowest BCUT2D eigenvalue weighted by molar-refractivity contribution is -0.194. The van der Waals surface area contributed by atoms with Gasteiger partial charge < -0.3 is 0 Å². The molecule has 0 spiro atoms. The fourth-order valence-corrected chi connectivity index (χ4v) is 4.64. The van der Waals surface area contributed by atoms with Crippen LogP contribution in [-0.4, -0.2) is 17.5 Å². The van der Waals surface area contributed by atoms with Crippen LogP contribution in [0.3, 0.4) is 0 Å². The number of allylic oxidation sites excluding steroid dienone is 9. The van der Waals surface area contributed by atoms with E-state index in [9.17, 15) is 17.6 Å². The van der Waals surface area contributed by atoms with Gasteiger partial charge in [0.2, 0.25) is 0 Å². The normalized spacial score (nSPS) is 21.4. The molecule has 33 heavy (non-hydrogen) atoms. The highest BCUT2D eigenvalue weighted by atomic mass is 19.4. The Morgan fingerprint density at radius 3 is 2.33 bits per heavy atom. The fourth-order valence-electron chi connectivity index (χ4n) is 4.64. The Bertz CT molecular complexity index is 1000. The molecule has 0 saturated carbocycles. The summed E-state index contributed by atoms with van der Waals surface area (Å²) in [4.78, 5) is 0. The van der Waals surface area contributed by atoms with Crippen molar-refractivity contribution in [3.63, 3.8) is 0 Å². The molecule has 0 heterocycles. The monoisotopic (exact) mass is 468 g/mol. The van der Waals surface area contributed by atoms with E-state index >= 15 is 8.78 Å². The maximum absolute atomic E-state index is 16.3. The highest BCUT2D eigenvalue weighted by Gasteiger charge is 2.54. The number of rotatable bonds is 7. The average Bonchev–Trinajstić information content (AvgIpc) is 2.66. The van der Waals surface area contributed by atoms with Gasteiger partial charge in [-0.2, -0.15) is 13.2 Å². The Balaban J connectivity index is 2.79. The second kappa shape index (κ2) is 9.78. The Labute approximate surface area is 192 Å². The van der Waals surface area contributed by atoms with E-state index in [-0.39, 0.29) is 34.3 Å². The van der Waals surface area contributed by atoms with Crippen LogP contribution in [0.4, 0.5) is 26.3 Å². The van der Waals surface area contributed by atoms with Crippen LogP contribution in [0.2, 0.25) is 0 Å². The topological polar surface area (TPSA) is 0 Å². The van der Waals surface area contributed by atoms with Crippen LogP contribution in [0, 0.1) is 11.7 Å². The third-order valence-electron chi connectivity index (χ3n) is 5.90. The summed E-state index contributed by atoms with van der Waals surface area (Å²) in [6.07, 6.45) is 1.95. The van der Waals surface area contributed by atoms with E-state index < -0.39 is 35.7 Å². The first-order valence-corrected chi connectivity index (χ1v) is 10.8. The molecule has 1 aromatic carbocycles. The smallest absolute Gasteiger partial charge is 0.243 e. The van der Waals surface area contributed by atoms with E-state index in [0.717, 1.165) is 13.8 Å². The van der Waals surface area contributed by atoms with Crippen molar-refractivity contribution in [2.45, 2.75) is 65.0 Å². The Morgan fingerprint density at radius 1 is 1.21 bits per heavy atom. The Hall–Kier alpha value is -2.50. The van der Waals surface area contributed by atoms with Gasteiger partial charge in [0, 0.05) is 23.1 Å². The summed E-state index contributed by atoms with van der Waals surface area (Å²) in [5.41, 5.74) is -4.44. The van der Waals surface area contributed by atoms with Gasteiger partial charge in [-0.15, -0.1) is 0 Å². The molecule has 0 aromatic heterocycles. The predicted octanol–water partition coefficient (Wildman–Crippen LogP) is 9.12. The zero-order valence-electron chi connectivity index (χ0n) is 19.6. The van der Waals surface area contributed by atoms with Gasteiger partial charge in [0.15, 0.2) is 0 Å². The van der Waals surface area contributed by atoms with Crippen LogP contribution >= 0.6 is 0 Å². The van der Waals surface area contributed by atoms with Crippen LogP contribution in [0.5, 0.6) is 0 Å². The summed E-state index contributed by atoms with van der Waals surface area (Å²) in [7, 11) is 0. The molecule has 1 aromatic rings. The van der Waals surface area contributed by atoms with Gasteiger partial charge in [-0.3, -0.25) is 0 Å². The number of benzene rings is 1. The zero-order chi connectivity index (χ0) is 25.2. The molecule has 1 aliphatic rings. The molecule has 0 bridgehead atoms. The Kier molecular flexibility index (Phi) is 7.93. The predicted molar refractivity (Wildman–Crippen MR) is 124 cm³/mol. The minimum atomic E-state index is -4.89. The van der Waals surface area contributed by atoms with Crippen molar-refractivity contribution < 1.29 is 26.3 Å². The van der Waals surface area contributed by atoms with E-state index in [1.165, 1.54) is 32.1 Å². The van der Waals surface area contributed by atoms with Crippen molar-refractivity contribution in [2.24, 2.45) is 5.92 Å². The second-order valence-electron chi connectivity index (χ2n) is 8.84. The highest BCUT2D eigenvalue weighted by molar-refractivity contribution is 5.83. The van der Waals surface area contributed by atoms with Gasteiger partial charge in [-0.1, -0.05) is 67.7 Å². The summed E-state index contributed by atoms with van der Waals surface area (Å²) in [5.74, 6) is -3.14. The van der Waals surface area contributed by atoms with Crippen LogP contribution in [0.15, 0.2) is 66.3 Å². The molecule has 1 aliphatic carbocycles. The van der Waals surface area contributed by atoms with Crippen molar-refractivity contribution >= 4 is 11.1 Å². The van der Waals surface area contributed by atoms with Gasteiger partial charge in [0.1, 0.15) is 23.1 Å². The summed E-state index contributed by atoms with van der Waals surface area (Å²) >= 11 is 0. The number of alkyl halides is 5. The van der Waals surface area contributed by atoms with Crippen molar-refractivity contribution in [2.75, 3.05) is 0 Å². The van der Waals surface area contributed by atoms with Crippen LogP contribution in [0.25, 0.3) is 11.1 Å². The van der Waals surface area contributed by atoms with Gasteiger partial charge in [-0.25, -0.2) is 13.2 Å². The third kappa shape index (κ3) is 5.53. The van der Waals surface area contributed by atoms with E-state index in [0.29, 0.717) is 5.57 Å². The Morgan fingerprint density at radius 2 is 1.85 bits per heavy atom. The molecular formula is C27H30F6. The first-order valence-electron chi connectivity index (χ1n) is 10.8. The van der Waals surface area contributed by atoms with E-state index in [4.69, 9.17) is 0 Å². The molecule has 2 atom stereocenters. The van der Waals surface area contributed by atoms with Crippen molar-refractivity contribution in [3.05, 3.63) is 83.2 Å². The first kappa shape index (κ1) is 26.7. The standard InChI is InChI=1S/C27H30F6/c1-7-11-18(12-8-2)20-13-10-14-21(23(20)28)22-17(4)15-19(16-26(22,30)9-3)24(25(5,6)29)27(31,32)33/h7-8,10-15,24H,1,9,16H2,2-6H3/b12-8-,18-11+. The SMILES string of the molecule is C=C/C=C(\C=C/C)c1cccc(C2=C(C)C=C(C(C(C)(C)F)C(F)(F)F)CC2(F)CC)c1F. The maximum Gasteiger partial charge on any atom is 0.398 e. The van der Waals surface area contributed by atoms with Crippen molar-refractivity contribution in [3.8, 4) is 0 Å². The third-order valence-corrected chi connectivity index (χ3v) is 5.90. The number of hydrogen-bond acceptors (Lipinski definition) is 0. The van der Waals surface area contributed by atoms with Gasteiger partial charge in [0.05, 0.1) is 0 Å². The lowest BCUT2D eigenvalue weighted by atomic mass is 9.70. The molecule has 0 nitrogen and oxygen atoms in total. The molecule has 0 fully saturated rings. The molecular weight excluding hydrogens is 438 g/mol. The molecule has 2 rings (SSSR count). The molecule has 180 valence electrons. The largest absolute Gasteiger partial charge is 0.398 e. The average molecular weight is 469 g/mol. The highest BCUT2D eigenvalue weighted by Crippen LogP contribution is 2.52. The van der Waals surface area contributed by atoms with Crippen molar-refractivity contribution in [1.82, 2.24) is 0 Å². The first-order chi connectivity index (χ1) is 15.2. The van der Waals surface area contributed by atoms with Crippen LogP contribution in [-0.2, 0) is 0 Å². The fraction of sp³-hybridized carbons (Fsp3) is 0.407. The van der Waals surface area contributed by atoms with Gasteiger partial charge in [-0.05, 0) is 45.3 Å². The van der Waals surface area contributed by atoms with Crippen LogP contribution < -0.4 is 0 Å². The zero-order valence-corrected chi connectivity index (χ0v) is 19.6. The minimum absolute atomic E-state index is 0.0101. The summed E-state index contributed by atoms with van der Waals surface area (Å²) < 4.78 is 87.8. The lowest BCUT2D eigenvalue weighted by Gasteiger charge is -2.39. The maximum atomic E-state index is 16.3. The molecule has 6 heteroatoms. The number of halogens is 6. The quantitative estimate of drug-likeness (QED) is 0.276. The molecule has 0 amide bonds. The molecule has 0 radical (unpaired) electrons. The molecule has 0 aliphatic heterocycles.